The Bertz CT molecular complexity index is 333. The van der Waals surface area contributed by atoms with Crippen molar-refractivity contribution in [3.8, 4) is 0 Å². The van der Waals surface area contributed by atoms with Crippen LogP contribution in [0.15, 0.2) is 5.10 Å². The van der Waals surface area contributed by atoms with Crippen LogP contribution in [0, 0.1) is 0 Å². The summed E-state index contributed by atoms with van der Waals surface area (Å²) >= 11 is 0. The molecule has 0 spiro atoms. The highest BCUT2D eigenvalue weighted by Gasteiger charge is 2.33. The fraction of sp³-hybridized carbons (Fsp3) is 0.667. The van der Waals surface area contributed by atoms with Crippen molar-refractivity contribution >= 4 is 17.5 Å². The summed E-state index contributed by atoms with van der Waals surface area (Å²) in [5.41, 5.74) is 0.406. The number of rotatable bonds is 1. The van der Waals surface area contributed by atoms with Crippen molar-refractivity contribution in [1.82, 2.24) is 9.91 Å². The van der Waals surface area contributed by atoms with E-state index in [1.165, 1.54) is 9.91 Å². The second-order valence-electron chi connectivity index (χ2n) is 3.83. The van der Waals surface area contributed by atoms with E-state index in [4.69, 9.17) is 5.11 Å². The Kier molecular flexibility index (Phi) is 2.44. The molecule has 0 radical (unpaired) electrons. The summed E-state index contributed by atoms with van der Waals surface area (Å²) in [7, 11) is 1.54. The van der Waals surface area contributed by atoms with E-state index in [0.717, 1.165) is 0 Å². The highest BCUT2D eigenvalue weighted by molar-refractivity contribution is 6.39. The van der Waals surface area contributed by atoms with Gasteiger partial charge in [0.15, 0.2) is 0 Å². The Balaban J connectivity index is 2.02. The number of aliphatic hydroxyl groups excluding tert-OH is 1. The molecule has 2 aliphatic heterocycles. The molecule has 2 amide bonds. The maximum atomic E-state index is 11.7. The van der Waals surface area contributed by atoms with Crippen LogP contribution >= 0.6 is 0 Å². The predicted octanol–water partition coefficient (Wildman–Crippen LogP) is -1.20. The standard InChI is InChI=1S/C9H13N3O3/c1-11-8(14)3-2-7(10-11)9(15)12-4-6(13)5-12/h6,13H,2-5H2,1H3. The average molecular weight is 211 g/mol. The summed E-state index contributed by atoms with van der Waals surface area (Å²) < 4.78 is 0. The van der Waals surface area contributed by atoms with Crippen LogP contribution < -0.4 is 0 Å². The molecular formula is C9H13N3O3. The molecular weight excluding hydrogens is 198 g/mol. The van der Waals surface area contributed by atoms with Gasteiger partial charge in [-0.05, 0) is 0 Å². The van der Waals surface area contributed by atoms with Crippen molar-refractivity contribution in [2.75, 3.05) is 20.1 Å². The first-order valence-corrected chi connectivity index (χ1v) is 4.89. The van der Waals surface area contributed by atoms with Gasteiger partial charge in [-0.3, -0.25) is 9.59 Å². The molecule has 0 aliphatic carbocycles. The number of hydrogen-bond donors (Lipinski definition) is 1. The third-order valence-corrected chi connectivity index (χ3v) is 2.60. The Morgan fingerprint density at radius 1 is 1.47 bits per heavy atom. The quantitative estimate of drug-likeness (QED) is 0.592. The minimum absolute atomic E-state index is 0.0739. The second-order valence-corrected chi connectivity index (χ2v) is 3.83. The smallest absolute Gasteiger partial charge is 0.270 e. The average Bonchev–Trinajstić information content (AvgIpc) is 2.16. The molecule has 2 rings (SSSR count). The van der Waals surface area contributed by atoms with Gasteiger partial charge in [0.1, 0.15) is 5.71 Å². The van der Waals surface area contributed by atoms with Crippen molar-refractivity contribution in [3.05, 3.63) is 0 Å². The number of amides is 2. The van der Waals surface area contributed by atoms with Crippen LogP contribution in [-0.2, 0) is 9.59 Å². The lowest BCUT2D eigenvalue weighted by molar-refractivity contribution is -0.134. The van der Waals surface area contributed by atoms with E-state index in [1.807, 2.05) is 0 Å². The van der Waals surface area contributed by atoms with Gasteiger partial charge in [-0.25, -0.2) is 5.01 Å². The molecule has 0 bridgehead atoms. The van der Waals surface area contributed by atoms with Crippen LogP contribution in [0.2, 0.25) is 0 Å². The highest BCUT2D eigenvalue weighted by Crippen LogP contribution is 2.13. The zero-order valence-corrected chi connectivity index (χ0v) is 8.51. The minimum atomic E-state index is -0.405. The number of carbonyl (C=O) groups excluding carboxylic acids is 2. The van der Waals surface area contributed by atoms with Crippen molar-refractivity contribution < 1.29 is 14.7 Å². The van der Waals surface area contributed by atoms with E-state index in [1.54, 1.807) is 7.05 Å². The van der Waals surface area contributed by atoms with Crippen molar-refractivity contribution in [3.63, 3.8) is 0 Å². The molecule has 2 heterocycles. The Hall–Kier alpha value is -1.43. The molecule has 6 heteroatoms. The van der Waals surface area contributed by atoms with Crippen molar-refractivity contribution in [2.45, 2.75) is 18.9 Å². The van der Waals surface area contributed by atoms with Gasteiger partial charge in [-0.2, -0.15) is 5.10 Å². The van der Waals surface area contributed by atoms with Crippen LogP contribution in [-0.4, -0.2) is 58.8 Å². The fourth-order valence-electron chi connectivity index (χ4n) is 1.63. The maximum absolute atomic E-state index is 11.7. The van der Waals surface area contributed by atoms with Crippen molar-refractivity contribution in [1.29, 1.82) is 0 Å². The van der Waals surface area contributed by atoms with Crippen LogP contribution in [0.4, 0.5) is 0 Å². The summed E-state index contributed by atoms with van der Waals surface area (Å²) in [6, 6.07) is 0. The first-order valence-electron chi connectivity index (χ1n) is 4.89. The number of likely N-dealkylation sites (tertiary alicyclic amines) is 1. The SMILES string of the molecule is CN1N=C(C(=O)N2CC(O)C2)CCC1=O. The summed E-state index contributed by atoms with van der Waals surface area (Å²) in [6.07, 6.45) is 0.323. The van der Waals surface area contributed by atoms with E-state index < -0.39 is 6.10 Å². The molecule has 0 aromatic carbocycles. The zero-order valence-electron chi connectivity index (χ0n) is 8.51. The minimum Gasteiger partial charge on any atom is -0.389 e. The molecule has 0 atom stereocenters. The van der Waals surface area contributed by atoms with Crippen LogP contribution in [0.25, 0.3) is 0 Å². The molecule has 1 fully saturated rings. The lowest BCUT2D eigenvalue weighted by Gasteiger charge is -2.36. The molecule has 82 valence electrons. The first kappa shape index (κ1) is 10.1. The van der Waals surface area contributed by atoms with Crippen LogP contribution in [0.5, 0.6) is 0 Å². The Labute approximate surface area is 87.1 Å². The monoisotopic (exact) mass is 211 g/mol. The van der Waals surface area contributed by atoms with Gasteiger partial charge in [-0.1, -0.05) is 0 Å². The number of carbonyl (C=O) groups is 2. The Morgan fingerprint density at radius 2 is 2.13 bits per heavy atom. The van der Waals surface area contributed by atoms with Gasteiger partial charge in [0.05, 0.1) is 6.10 Å². The normalized spacial score (nSPS) is 22.5. The molecule has 0 unspecified atom stereocenters. The third-order valence-electron chi connectivity index (χ3n) is 2.60. The van der Waals surface area contributed by atoms with E-state index in [-0.39, 0.29) is 11.8 Å². The highest BCUT2D eigenvalue weighted by atomic mass is 16.3. The van der Waals surface area contributed by atoms with Gasteiger partial charge in [0, 0.05) is 33.0 Å². The number of β-amino-alcohol motifs (C(OH)–C–C–N with tert-alkyl or cyclic N) is 1. The largest absolute Gasteiger partial charge is 0.389 e. The molecule has 1 N–H and O–H groups in total. The maximum Gasteiger partial charge on any atom is 0.270 e. The summed E-state index contributed by atoms with van der Waals surface area (Å²) in [5.74, 6) is -0.241. The third kappa shape index (κ3) is 1.85. The second kappa shape index (κ2) is 3.62. The predicted molar refractivity (Wildman–Crippen MR) is 52.0 cm³/mol. The molecule has 2 aliphatic rings. The van der Waals surface area contributed by atoms with Gasteiger partial charge in [0.25, 0.3) is 5.91 Å². The van der Waals surface area contributed by atoms with E-state index in [0.29, 0.717) is 31.6 Å². The van der Waals surface area contributed by atoms with Gasteiger partial charge >= 0.3 is 0 Å². The zero-order chi connectivity index (χ0) is 11.0. The lowest BCUT2D eigenvalue weighted by Crippen LogP contribution is -2.56. The Morgan fingerprint density at radius 3 is 2.67 bits per heavy atom. The van der Waals surface area contributed by atoms with Gasteiger partial charge in [-0.15, -0.1) is 0 Å². The van der Waals surface area contributed by atoms with E-state index in [9.17, 15) is 9.59 Å². The van der Waals surface area contributed by atoms with Gasteiger partial charge in [0.2, 0.25) is 5.91 Å². The fourth-order valence-corrected chi connectivity index (χ4v) is 1.63. The van der Waals surface area contributed by atoms with Crippen LogP contribution in [0.1, 0.15) is 12.8 Å². The summed E-state index contributed by atoms with van der Waals surface area (Å²) in [6.45, 7) is 0.741. The topological polar surface area (TPSA) is 73.2 Å². The van der Waals surface area contributed by atoms with Crippen LogP contribution in [0.3, 0.4) is 0 Å². The number of nitrogens with zero attached hydrogens (tertiary/aromatic N) is 3. The summed E-state index contributed by atoms with van der Waals surface area (Å²) in [4.78, 5) is 24.4. The van der Waals surface area contributed by atoms with Gasteiger partial charge < -0.3 is 10.0 Å². The first-order chi connectivity index (χ1) is 7.08. The molecule has 15 heavy (non-hydrogen) atoms. The molecule has 0 saturated carbocycles. The molecule has 6 nitrogen and oxygen atoms in total. The lowest BCUT2D eigenvalue weighted by atomic mass is 10.1. The molecule has 0 aromatic rings. The van der Waals surface area contributed by atoms with E-state index >= 15 is 0 Å². The summed E-state index contributed by atoms with van der Waals surface area (Å²) in [5, 5.41) is 14.2. The number of aliphatic hydroxyl groups is 1. The van der Waals surface area contributed by atoms with E-state index in [2.05, 4.69) is 5.10 Å². The number of hydrogen-bond acceptors (Lipinski definition) is 4. The number of hydrazone groups is 1. The molecule has 1 saturated heterocycles. The molecule has 0 aromatic heterocycles. The van der Waals surface area contributed by atoms with Crippen molar-refractivity contribution in [2.24, 2.45) is 5.10 Å².